The highest BCUT2D eigenvalue weighted by molar-refractivity contribution is 5.74. The molecule has 4 nitrogen and oxygen atoms in total. The van der Waals surface area contributed by atoms with Crippen LogP contribution >= 0.6 is 0 Å². The zero-order valence-electron chi connectivity index (χ0n) is 13.0. The number of carbonyl (C=O) groups excluding carboxylic acids is 1. The molecule has 0 aromatic heterocycles. The topological polar surface area (TPSA) is 61.4 Å². The molecule has 2 unspecified atom stereocenters. The first-order valence-electron chi connectivity index (χ1n) is 8.03. The van der Waals surface area contributed by atoms with E-state index in [1.54, 1.807) is 12.1 Å². The lowest BCUT2D eigenvalue weighted by Gasteiger charge is -2.35. The molecule has 1 aromatic rings. The quantitative estimate of drug-likeness (QED) is 0.725. The molecule has 0 bridgehead atoms. The van der Waals surface area contributed by atoms with E-state index >= 15 is 0 Å². The van der Waals surface area contributed by atoms with E-state index in [4.69, 9.17) is 5.11 Å². The zero-order chi connectivity index (χ0) is 15.9. The van der Waals surface area contributed by atoms with E-state index in [0.29, 0.717) is 12.3 Å². The van der Waals surface area contributed by atoms with Crippen LogP contribution in [0.25, 0.3) is 0 Å². The fourth-order valence-electron chi connectivity index (χ4n) is 2.79. The monoisotopic (exact) mass is 308 g/mol. The Kier molecular flexibility index (Phi) is 6.19. The molecule has 0 spiro atoms. The average molecular weight is 308 g/mol. The van der Waals surface area contributed by atoms with Gasteiger partial charge in [-0.15, -0.1) is 0 Å². The molecule has 2 atom stereocenters. The van der Waals surface area contributed by atoms with E-state index in [-0.39, 0.29) is 30.5 Å². The van der Waals surface area contributed by atoms with Gasteiger partial charge in [0.15, 0.2) is 0 Å². The van der Waals surface area contributed by atoms with E-state index in [2.05, 4.69) is 10.6 Å². The lowest BCUT2D eigenvalue weighted by molar-refractivity contribution is 0.204. The SMILES string of the molecule is CC(CCCO)NC(=O)NC(c1ccc(F)cc1)C1CCC1. The summed E-state index contributed by atoms with van der Waals surface area (Å²) in [6.07, 6.45) is 4.77. The predicted octanol–water partition coefficient (Wildman–Crippen LogP) is 3.13. The third-order valence-electron chi connectivity index (χ3n) is 4.31. The van der Waals surface area contributed by atoms with Crippen molar-refractivity contribution >= 4 is 6.03 Å². The number of aliphatic hydroxyl groups excluding tert-OH is 1. The Morgan fingerprint density at radius 3 is 2.55 bits per heavy atom. The maximum atomic E-state index is 13.1. The summed E-state index contributed by atoms with van der Waals surface area (Å²) in [6, 6.07) is 6.10. The third-order valence-corrected chi connectivity index (χ3v) is 4.31. The summed E-state index contributed by atoms with van der Waals surface area (Å²) in [5.41, 5.74) is 0.948. The fraction of sp³-hybridized carbons (Fsp3) is 0.588. The maximum Gasteiger partial charge on any atom is 0.315 e. The molecule has 3 N–H and O–H groups in total. The summed E-state index contributed by atoms with van der Waals surface area (Å²) in [4.78, 5) is 12.2. The molecule has 1 aliphatic carbocycles. The molecule has 5 heteroatoms. The van der Waals surface area contributed by atoms with Gasteiger partial charge >= 0.3 is 6.03 Å². The van der Waals surface area contributed by atoms with Crippen LogP contribution in [0.3, 0.4) is 0 Å². The van der Waals surface area contributed by atoms with Crippen LogP contribution in [-0.4, -0.2) is 23.8 Å². The molecule has 1 fully saturated rings. The largest absolute Gasteiger partial charge is 0.396 e. The first-order valence-corrected chi connectivity index (χ1v) is 8.03. The van der Waals surface area contributed by atoms with Crippen molar-refractivity contribution in [3.63, 3.8) is 0 Å². The Hall–Kier alpha value is -1.62. The van der Waals surface area contributed by atoms with Crippen LogP contribution in [0.4, 0.5) is 9.18 Å². The molecule has 2 amide bonds. The summed E-state index contributed by atoms with van der Waals surface area (Å²) >= 11 is 0. The van der Waals surface area contributed by atoms with E-state index in [1.165, 1.54) is 18.6 Å². The number of amides is 2. The minimum absolute atomic E-state index is 0.0161. The second kappa shape index (κ2) is 8.13. The summed E-state index contributed by atoms with van der Waals surface area (Å²) in [6.45, 7) is 2.05. The van der Waals surface area contributed by atoms with E-state index in [0.717, 1.165) is 24.8 Å². The van der Waals surface area contributed by atoms with Gasteiger partial charge in [-0.05, 0) is 56.2 Å². The number of rotatable bonds is 7. The van der Waals surface area contributed by atoms with Crippen LogP contribution in [0.1, 0.15) is 50.6 Å². The third kappa shape index (κ3) is 4.70. The highest BCUT2D eigenvalue weighted by atomic mass is 19.1. The zero-order valence-corrected chi connectivity index (χ0v) is 13.0. The second-order valence-electron chi connectivity index (χ2n) is 6.10. The van der Waals surface area contributed by atoms with Crippen molar-refractivity contribution < 1.29 is 14.3 Å². The number of hydrogen-bond donors (Lipinski definition) is 3. The van der Waals surface area contributed by atoms with Crippen molar-refractivity contribution in [3.05, 3.63) is 35.6 Å². The molecule has 1 saturated carbocycles. The Bertz CT molecular complexity index is 474. The molecule has 1 aliphatic rings. The molecule has 0 saturated heterocycles. The van der Waals surface area contributed by atoms with Gasteiger partial charge in [0, 0.05) is 12.6 Å². The molecule has 22 heavy (non-hydrogen) atoms. The van der Waals surface area contributed by atoms with Gasteiger partial charge in [-0.1, -0.05) is 18.6 Å². The fourth-order valence-corrected chi connectivity index (χ4v) is 2.79. The van der Waals surface area contributed by atoms with E-state index in [1.807, 2.05) is 6.92 Å². The molecule has 0 heterocycles. The first-order chi connectivity index (χ1) is 10.6. The molecule has 0 aliphatic heterocycles. The summed E-state index contributed by atoms with van der Waals surface area (Å²) in [7, 11) is 0. The number of hydrogen-bond acceptors (Lipinski definition) is 2. The standard InChI is InChI=1S/C17H25FN2O2/c1-12(4-3-11-21)19-17(22)20-16(13-5-2-6-13)14-7-9-15(18)10-8-14/h7-10,12-13,16,21H,2-6,11H2,1H3,(H2,19,20,22). The molecule has 122 valence electrons. The van der Waals surface area contributed by atoms with Gasteiger partial charge in [0.1, 0.15) is 5.82 Å². The van der Waals surface area contributed by atoms with Crippen molar-refractivity contribution in [1.82, 2.24) is 10.6 Å². The minimum atomic E-state index is -0.266. The maximum absolute atomic E-state index is 13.1. The molecular formula is C17H25FN2O2. The van der Waals surface area contributed by atoms with Gasteiger partial charge in [-0.3, -0.25) is 0 Å². The summed E-state index contributed by atoms with van der Waals surface area (Å²) in [5.74, 6) is 0.155. The van der Waals surface area contributed by atoms with Gasteiger partial charge in [-0.2, -0.15) is 0 Å². The van der Waals surface area contributed by atoms with Crippen molar-refractivity contribution in [1.29, 1.82) is 0 Å². The number of nitrogens with one attached hydrogen (secondary N) is 2. The van der Waals surface area contributed by atoms with Gasteiger partial charge < -0.3 is 15.7 Å². The molecule has 2 rings (SSSR count). The lowest BCUT2D eigenvalue weighted by Crippen LogP contribution is -2.45. The van der Waals surface area contributed by atoms with Crippen LogP contribution in [0.5, 0.6) is 0 Å². The van der Waals surface area contributed by atoms with Crippen molar-refractivity contribution in [2.24, 2.45) is 5.92 Å². The molecule has 0 radical (unpaired) electrons. The number of halogens is 1. The minimum Gasteiger partial charge on any atom is -0.396 e. The van der Waals surface area contributed by atoms with Crippen LogP contribution in [-0.2, 0) is 0 Å². The summed E-state index contributed by atoms with van der Waals surface area (Å²) in [5, 5.41) is 14.7. The average Bonchev–Trinajstić information content (AvgIpc) is 2.43. The van der Waals surface area contributed by atoms with Gasteiger partial charge in [0.25, 0.3) is 0 Å². The number of benzene rings is 1. The highest BCUT2D eigenvalue weighted by Crippen LogP contribution is 2.37. The Morgan fingerprint density at radius 2 is 2.00 bits per heavy atom. The Morgan fingerprint density at radius 1 is 1.32 bits per heavy atom. The first kappa shape index (κ1) is 16.7. The van der Waals surface area contributed by atoms with Crippen LogP contribution in [0.2, 0.25) is 0 Å². The lowest BCUT2D eigenvalue weighted by atomic mass is 9.77. The van der Waals surface area contributed by atoms with Gasteiger partial charge in [0.2, 0.25) is 0 Å². The number of urea groups is 1. The Balaban J connectivity index is 1.95. The van der Waals surface area contributed by atoms with Crippen LogP contribution in [0.15, 0.2) is 24.3 Å². The van der Waals surface area contributed by atoms with Gasteiger partial charge in [0.05, 0.1) is 6.04 Å². The van der Waals surface area contributed by atoms with Crippen molar-refractivity contribution in [2.75, 3.05) is 6.61 Å². The van der Waals surface area contributed by atoms with E-state index in [9.17, 15) is 9.18 Å². The smallest absolute Gasteiger partial charge is 0.315 e. The normalized spacial score (nSPS) is 17.4. The van der Waals surface area contributed by atoms with Gasteiger partial charge in [-0.25, -0.2) is 9.18 Å². The van der Waals surface area contributed by atoms with Crippen LogP contribution < -0.4 is 10.6 Å². The van der Waals surface area contributed by atoms with Crippen molar-refractivity contribution in [2.45, 2.75) is 51.1 Å². The molecule has 1 aromatic carbocycles. The number of aliphatic hydroxyl groups is 1. The predicted molar refractivity (Wildman–Crippen MR) is 83.9 cm³/mol. The summed E-state index contributed by atoms with van der Waals surface area (Å²) < 4.78 is 13.1. The second-order valence-corrected chi connectivity index (χ2v) is 6.10. The highest BCUT2D eigenvalue weighted by Gasteiger charge is 2.29. The molecular weight excluding hydrogens is 283 g/mol. The number of carbonyl (C=O) groups is 1. The Labute approximate surface area is 131 Å². The van der Waals surface area contributed by atoms with E-state index < -0.39 is 0 Å². The van der Waals surface area contributed by atoms with Crippen LogP contribution in [0, 0.1) is 11.7 Å². The van der Waals surface area contributed by atoms with Crippen molar-refractivity contribution in [3.8, 4) is 0 Å².